The molecule has 3 saturated heterocycles. The molecule has 3 heterocycles. The standard InChI is InChI=1S/C19H26ClN3O4S/c1-19-8-7-16(23(19)28(25,26)15-5-3-14(20)4-6-15)17(13-19)27-18(24)22-11-9-21(2)10-12-22/h3-6,16-17H,7-13H2,1-2H3/t16?,17?,19-/m1/s1. The average molecular weight is 428 g/mol. The maximum absolute atomic E-state index is 13.3. The van der Waals surface area contributed by atoms with Crippen LogP contribution >= 0.6 is 11.6 Å². The van der Waals surface area contributed by atoms with Gasteiger partial charge in [-0.25, -0.2) is 13.2 Å². The van der Waals surface area contributed by atoms with Gasteiger partial charge >= 0.3 is 6.09 Å². The molecule has 28 heavy (non-hydrogen) atoms. The van der Waals surface area contributed by atoms with Crippen LogP contribution < -0.4 is 0 Å². The molecule has 0 aromatic heterocycles. The molecule has 2 bridgehead atoms. The summed E-state index contributed by atoms with van der Waals surface area (Å²) in [6.07, 6.45) is 1.26. The summed E-state index contributed by atoms with van der Waals surface area (Å²) in [5, 5.41) is 0.494. The number of carbonyl (C=O) groups is 1. The molecule has 2 unspecified atom stereocenters. The Kier molecular flexibility index (Phi) is 5.10. The molecule has 0 saturated carbocycles. The van der Waals surface area contributed by atoms with E-state index < -0.39 is 21.7 Å². The van der Waals surface area contributed by atoms with Crippen LogP contribution in [0.2, 0.25) is 5.02 Å². The summed E-state index contributed by atoms with van der Waals surface area (Å²) in [5.41, 5.74) is -0.532. The van der Waals surface area contributed by atoms with Gasteiger partial charge in [0.05, 0.1) is 10.9 Å². The van der Waals surface area contributed by atoms with Gasteiger partial charge in [-0.15, -0.1) is 0 Å². The minimum Gasteiger partial charge on any atom is -0.444 e. The van der Waals surface area contributed by atoms with Gasteiger partial charge < -0.3 is 14.5 Å². The lowest BCUT2D eigenvalue weighted by Gasteiger charge is -2.33. The molecular formula is C19H26ClN3O4S. The van der Waals surface area contributed by atoms with Crippen molar-refractivity contribution in [3.8, 4) is 0 Å². The Labute approximate surface area is 171 Å². The molecule has 154 valence electrons. The number of piperazine rings is 1. The third kappa shape index (κ3) is 3.40. The van der Waals surface area contributed by atoms with Crippen molar-refractivity contribution in [2.75, 3.05) is 33.2 Å². The zero-order valence-corrected chi connectivity index (χ0v) is 17.7. The number of ether oxygens (including phenoxy) is 1. The Balaban J connectivity index is 1.52. The van der Waals surface area contributed by atoms with Crippen LogP contribution in [0, 0.1) is 0 Å². The second-order valence-electron chi connectivity index (χ2n) is 8.27. The first-order valence-electron chi connectivity index (χ1n) is 9.65. The van der Waals surface area contributed by atoms with Crippen LogP contribution in [-0.4, -0.2) is 79.5 Å². The predicted octanol–water partition coefficient (Wildman–Crippen LogP) is 2.41. The van der Waals surface area contributed by atoms with Crippen LogP contribution in [-0.2, 0) is 14.8 Å². The van der Waals surface area contributed by atoms with Gasteiger partial charge in [0.15, 0.2) is 0 Å². The Bertz CT molecular complexity index is 854. The van der Waals surface area contributed by atoms with Crippen molar-refractivity contribution in [1.82, 2.24) is 14.1 Å². The summed E-state index contributed by atoms with van der Waals surface area (Å²) in [5.74, 6) is 0. The number of amides is 1. The number of rotatable bonds is 3. The molecule has 3 atom stereocenters. The zero-order valence-electron chi connectivity index (χ0n) is 16.2. The summed E-state index contributed by atoms with van der Waals surface area (Å²) in [4.78, 5) is 16.7. The van der Waals surface area contributed by atoms with Gasteiger partial charge in [-0.1, -0.05) is 11.6 Å². The molecule has 7 nitrogen and oxygen atoms in total. The number of hydrogen-bond acceptors (Lipinski definition) is 5. The summed E-state index contributed by atoms with van der Waals surface area (Å²) >= 11 is 5.91. The van der Waals surface area contributed by atoms with Gasteiger partial charge in [-0.2, -0.15) is 4.31 Å². The number of benzene rings is 1. The topological polar surface area (TPSA) is 70.2 Å². The van der Waals surface area contributed by atoms with Crippen LogP contribution in [0.15, 0.2) is 29.2 Å². The fourth-order valence-electron chi connectivity index (χ4n) is 4.69. The van der Waals surface area contributed by atoms with Gasteiger partial charge in [-0.3, -0.25) is 0 Å². The molecular weight excluding hydrogens is 402 g/mol. The predicted molar refractivity (Wildman–Crippen MR) is 106 cm³/mol. The first-order valence-corrected chi connectivity index (χ1v) is 11.5. The van der Waals surface area contributed by atoms with Crippen LogP contribution in [0.4, 0.5) is 4.79 Å². The lowest BCUT2D eigenvalue weighted by molar-refractivity contribution is 0.0365. The van der Waals surface area contributed by atoms with Gasteiger partial charge in [0.2, 0.25) is 10.0 Å². The Morgan fingerprint density at radius 3 is 2.46 bits per heavy atom. The van der Waals surface area contributed by atoms with Gasteiger partial charge in [0.25, 0.3) is 0 Å². The van der Waals surface area contributed by atoms with Crippen molar-refractivity contribution >= 4 is 27.7 Å². The molecule has 9 heteroatoms. The van der Waals surface area contributed by atoms with E-state index in [2.05, 4.69) is 4.90 Å². The normalized spacial score (nSPS) is 31.3. The van der Waals surface area contributed by atoms with Crippen LogP contribution in [0.1, 0.15) is 26.2 Å². The monoisotopic (exact) mass is 427 g/mol. The number of fused-ring (bicyclic) bond motifs is 2. The Morgan fingerprint density at radius 2 is 1.82 bits per heavy atom. The SMILES string of the molecule is CN1CCN(C(=O)OC2C[C@@]3(C)CCC2N3S(=O)(=O)c2ccc(Cl)cc2)CC1. The Morgan fingerprint density at radius 1 is 1.18 bits per heavy atom. The number of halogens is 1. The van der Waals surface area contributed by atoms with Crippen LogP contribution in [0.25, 0.3) is 0 Å². The van der Waals surface area contributed by atoms with Gasteiger partial charge in [0, 0.05) is 43.2 Å². The molecule has 0 spiro atoms. The molecule has 0 radical (unpaired) electrons. The molecule has 4 rings (SSSR count). The molecule has 1 amide bonds. The summed E-state index contributed by atoms with van der Waals surface area (Å²) in [6.45, 7) is 4.85. The fourth-order valence-corrected chi connectivity index (χ4v) is 6.86. The minimum atomic E-state index is -3.69. The molecule has 3 aliphatic rings. The van der Waals surface area contributed by atoms with E-state index in [-0.39, 0.29) is 17.0 Å². The fraction of sp³-hybridized carbons (Fsp3) is 0.632. The second kappa shape index (κ2) is 7.16. The number of nitrogens with zero attached hydrogens (tertiary/aromatic N) is 3. The van der Waals surface area contributed by atoms with Crippen molar-refractivity contribution in [1.29, 1.82) is 0 Å². The zero-order chi connectivity index (χ0) is 20.1. The van der Waals surface area contributed by atoms with E-state index in [0.717, 1.165) is 19.5 Å². The maximum Gasteiger partial charge on any atom is 0.410 e. The van der Waals surface area contributed by atoms with E-state index >= 15 is 0 Å². The van der Waals surface area contributed by atoms with E-state index in [4.69, 9.17) is 16.3 Å². The van der Waals surface area contributed by atoms with E-state index in [1.807, 2.05) is 14.0 Å². The van der Waals surface area contributed by atoms with E-state index in [9.17, 15) is 13.2 Å². The molecule has 1 aromatic carbocycles. The molecule has 0 N–H and O–H groups in total. The van der Waals surface area contributed by atoms with Gasteiger partial charge in [0.1, 0.15) is 6.10 Å². The van der Waals surface area contributed by atoms with Gasteiger partial charge in [-0.05, 0) is 51.1 Å². The number of carbonyl (C=O) groups excluding carboxylic acids is 1. The quantitative estimate of drug-likeness (QED) is 0.740. The molecule has 0 aliphatic carbocycles. The highest BCUT2D eigenvalue weighted by Crippen LogP contribution is 2.50. The number of hydrogen-bond donors (Lipinski definition) is 0. The highest BCUT2D eigenvalue weighted by molar-refractivity contribution is 7.89. The van der Waals surface area contributed by atoms with E-state index in [1.165, 1.54) is 12.1 Å². The molecule has 3 aliphatic heterocycles. The van der Waals surface area contributed by atoms with Crippen molar-refractivity contribution in [2.45, 2.75) is 48.8 Å². The minimum absolute atomic E-state index is 0.223. The third-order valence-corrected chi connectivity index (χ3v) is 8.62. The number of sulfonamides is 1. The highest BCUT2D eigenvalue weighted by Gasteiger charge is 2.60. The van der Waals surface area contributed by atoms with Crippen molar-refractivity contribution in [2.24, 2.45) is 0 Å². The van der Waals surface area contributed by atoms with Crippen LogP contribution in [0.5, 0.6) is 0 Å². The smallest absolute Gasteiger partial charge is 0.410 e. The summed E-state index contributed by atoms with van der Waals surface area (Å²) in [7, 11) is -1.66. The van der Waals surface area contributed by atoms with Crippen molar-refractivity contribution < 1.29 is 17.9 Å². The highest BCUT2D eigenvalue weighted by atomic mass is 35.5. The second-order valence-corrected chi connectivity index (χ2v) is 10.5. The largest absolute Gasteiger partial charge is 0.444 e. The first-order chi connectivity index (χ1) is 13.2. The van der Waals surface area contributed by atoms with Crippen molar-refractivity contribution in [3.05, 3.63) is 29.3 Å². The maximum atomic E-state index is 13.3. The van der Waals surface area contributed by atoms with E-state index in [1.54, 1.807) is 21.3 Å². The average Bonchev–Trinajstić information content (AvgIpc) is 3.13. The Hall–Kier alpha value is -1.35. The van der Waals surface area contributed by atoms with Crippen molar-refractivity contribution in [3.63, 3.8) is 0 Å². The lowest BCUT2D eigenvalue weighted by atomic mass is 9.88. The summed E-state index contributed by atoms with van der Waals surface area (Å²) < 4.78 is 34.0. The lowest BCUT2D eigenvalue weighted by Crippen LogP contribution is -2.49. The molecule has 3 fully saturated rings. The molecule has 1 aromatic rings. The van der Waals surface area contributed by atoms with Crippen LogP contribution in [0.3, 0.4) is 0 Å². The third-order valence-electron chi connectivity index (χ3n) is 6.27. The summed E-state index contributed by atoms with van der Waals surface area (Å²) in [6, 6.07) is 5.91. The number of likely N-dealkylation sites (N-methyl/N-ethyl adjacent to an activating group) is 1. The first kappa shape index (κ1) is 19.9. The van der Waals surface area contributed by atoms with E-state index in [0.29, 0.717) is 31.0 Å².